The van der Waals surface area contributed by atoms with Gasteiger partial charge in [-0.05, 0) is 39.0 Å². The normalized spacial score (nSPS) is 11.1. The monoisotopic (exact) mass is 376 g/mol. The maximum absolute atomic E-state index is 12.2. The predicted molar refractivity (Wildman–Crippen MR) is 100 cm³/mol. The van der Waals surface area contributed by atoms with Gasteiger partial charge in [0.25, 0.3) is 0 Å². The van der Waals surface area contributed by atoms with Crippen molar-refractivity contribution in [2.45, 2.75) is 26.4 Å². The van der Waals surface area contributed by atoms with Gasteiger partial charge in [-0.2, -0.15) is 0 Å². The van der Waals surface area contributed by atoms with Crippen molar-refractivity contribution in [2.24, 2.45) is 0 Å². The second-order valence-corrected chi connectivity index (χ2v) is 7.15. The molecule has 0 saturated heterocycles. The number of benzene rings is 1. The largest absolute Gasteiger partial charge is 0.444 e. The Kier molecular flexibility index (Phi) is 6.09. The number of carbonyl (C=O) groups excluding carboxylic acids is 2. The molecule has 0 aliphatic heterocycles. The van der Waals surface area contributed by atoms with Gasteiger partial charge < -0.3 is 23.7 Å². The lowest BCUT2D eigenvalue weighted by Gasteiger charge is -2.26. The standard InChI is InChI=1S/C19H24N2O6/c1-19(2,3)27-18(24)21(5)11-10-20(4)17(23)25-14-8-6-13-7-9-16(22)26-15(13)12-14/h6-9,12H,10-11H2,1-5H3. The summed E-state index contributed by atoms with van der Waals surface area (Å²) in [5.74, 6) is 0.259. The Morgan fingerprint density at radius 1 is 1.00 bits per heavy atom. The van der Waals surface area contributed by atoms with Crippen LogP contribution in [0.15, 0.2) is 39.5 Å². The SMILES string of the molecule is CN(CCN(C)C(=O)OC(C)(C)C)C(=O)Oc1ccc2ccc(=O)oc2c1. The fourth-order valence-corrected chi connectivity index (χ4v) is 2.11. The summed E-state index contributed by atoms with van der Waals surface area (Å²) in [7, 11) is 3.16. The zero-order valence-corrected chi connectivity index (χ0v) is 16.1. The summed E-state index contributed by atoms with van der Waals surface area (Å²) in [6, 6.07) is 7.74. The van der Waals surface area contributed by atoms with E-state index >= 15 is 0 Å². The van der Waals surface area contributed by atoms with Gasteiger partial charge in [-0.25, -0.2) is 14.4 Å². The Bertz CT molecular complexity index is 884. The van der Waals surface area contributed by atoms with Gasteiger partial charge in [0.15, 0.2) is 0 Å². The van der Waals surface area contributed by atoms with E-state index in [4.69, 9.17) is 13.9 Å². The Hall–Kier alpha value is -3.03. The number of hydrogen-bond donors (Lipinski definition) is 0. The van der Waals surface area contributed by atoms with Gasteiger partial charge in [0, 0.05) is 44.7 Å². The third-order valence-corrected chi connectivity index (χ3v) is 3.59. The van der Waals surface area contributed by atoms with E-state index in [0.29, 0.717) is 5.58 Å². The number of rotatable bonds is 4. The fraction of sp³-hybridized carbons (Fsp3) is 0.421. The number of carbonyl (C=O) groups is 2. The maximum atomic E-state index is 12.2. The molecule has 0 aliphatic carbocycles. The van der Waals surface area contributed by atoms with Crippen LogP contribution in [0.1, 0.15) is 20.8 Å². The van der Waals surface area contributed by atoms with E-state index in [-0.39, 0.29) is 18.8 Å². The van der Waals surface area contributed by atoms with Crippen LogP contribution < -0.4 is 10.4 Å². The van der Waals surface area contributed by atoms with E-state index in [2.05, 4.69) is 0 Å². The number of fused-ring (bicyclic) bond motifs is 1. The predicted octanol–water partition coefficient (Wildman–Crippen LogP) is 3.09. The minimum Gasteiger partial charge on any atom is -0.444 e. The molecule has 146 valence electrons. The van der Waals surface area contributed by atoms with E-state index in [0.717, 1.165) is 5.39 Å². The summed E-state index contributed by atoms with van der Waals surface area (Å²) in [5, 5.41) is 0.724. The second kappa shape index (κ2) is 8.11. The summed E-state index contributed by atoms with van der Waals surface area (Å²) in [6.45, 7) is 5.90. The van der Waals surface area contributed by atoms with Crippen molar-refractivity contribution in [3.05, 3.63) is 40.8 Å². The van der Waals surface area contributed by atoms with Crippen LogP contribution in [-0.4, -0.2) is 54.8 Å². The van der Waals surface area contributed by atoms with Crippen molar-refractivity contribution in [1.29, 1.82) is 0 Å². The molecule has 0 atom stereocenters. The van der Waals surface area contributed by atoms with Crippen LogP contribution >= 0.6 is 0 Å². The lowest BCUT2D eigenvalue weighted by atomic mass is 10.2. The molecule has 1 aromatic carbocycles. The molecule has 0 radical (unpaired) electrons. The van der Waals surface area contributed by atoms with Gasteiger partial charge in [0.1, 0.15) is 16.9 Å². The number of hydrogen-bond acceptors (Lipinski definition) is 6. The summed E-state index contributed by atoms with van der Waals surface area (Å²) < 4.78 is 15.6. The molecule has 0 fully saturated rings. The zero-order valence-electron chi connectivity index (χ0n) is 16.1. The topological polar surface area (TPSA) is 89.3 Å². The van der Waals surface area contributed by atoms with Crippen molar-refractivity contribution in [2.75, 3.05) is 27.2 Å². The van der Waals surface area contributed by atoms with E-state index in [1.807, 2.05) is 0 Å². The van der Waals surface area contributed by atoms with E-state index in [9.17, 15) is 14.4 Å². The summed E-state index contributed by atoms with van der Waals surface area (Å²) >= 11 is 0. The molecule has 0 saturated carbocycles. The van der Waals surface area contributed by atoms with Gasteiger partial charge in [0.2, 0.25) is 0 Å². The van der Waals surface area contributed by atoms with Crippen LogP contribution in [0, 0.1) is 0 Å². The van der Waals surface area contributed by atoms with Crippen LogP contribution in [0.25, 0.3) is 11.0 Å². The molecule has 2 rings (SSSR count). The third-order valence-electron chi connectivity index (χ3n) is 3.59. The lowest BCUT2D eigenvalue weighted by molar-refractivity contribution is 0.0287. The summed E-state index contributed by atoms with van der Waals surface area (Å²) in [5.41, 5.74) is -0.727. The van der Waals surface area contributed by atoms with Gasteiger partial charge in [-0.15, -0.1) is 0 Å². The van der Waals surface area contributed by atoms with Crippen molar-refractivity contribution in [1.82, 2.24) is 9.80 Å². The van der Waals surface area contributed by atoms with E-state index in [1.165, 1.54) is 21.9 Å². The van der Waals surface area contributed by atoms with Crippen molar-refractivity contribution >= 4 is 23.2 Å². The molecular weight excluding hydrogens is 352 g/mol. The van der Waals surface area contributed by atoms with E-state index < -0.39 is 23.4 Å². The molecule has 2 aromatic rings. The van der Waals surface area contributed by atoms with Gasteiger partial charge in [-0.3, -0.25) is 0 Å². The molecule has 2 amide bonds. The van der Waals surface area contributed by atoms with Crippen LogP contribution in [0.5, 0.6) is 5.75 Å². The summed E-state index contributed by atoms with van der Waals surface area (Å²) in [6.07, 6.45) is -1.06. The highest BCUT2D eigenvalue weighted by molar-refractivity contribution is 5.79. The number of nitrogens with zero attached hydrogens (tertiary/aromatic N) is 2. The Morgan fingerprint density at radius 2 is 1.59 bits per heavy atom. The average molecular weight is 376 g/mol. The van der Waals surface area contributed by atoms with Crippen molar-refractivity contribution in [3.8, 4) is 5.75 Å². The first-order valence-electron chi connectivity index (χ1n) is 8.46. The molecule has 0 bridgehead atoms. The van der Waals surface area contributed by atoms with Crippen LogP contribution in [-0.2, 0) is 4.74 Å². The molecule has 0 spiro atoms. The molecule has 0 N–H and O–H groups in total. The Labute approximate surface area is 157 Å². The Balaban J connectivity index is 1.92. The fourth-order valence-electron chi connectivity index (χ4n) is 2.11. The molecule has 27 heavy (non-hydrogen) atoms. The number of ether oxygens (including phenoxy) is 2. The number of amides is 2. The van der Waals surface area contributed by atoms with Crippen LogP contribution in [0.2, 0.25) is 0 Å². The minimum absolute atomic E-state index is 0.259. The average Bonchev–Trinajstić information content (AvgIpc) is 2.57. The van der Waals surface area contributed by atoms with Gasteiger partial charge in [0.05, 0.1) is 0 Å². The summed E-state index contributed by atoms with van der Waals surface area (Å²) in [4.78, 5) is 38.1. The molecule has 8 heteroatoms. The molecular formula is C19H24N2O6. The highest BCUT2D eigenvalue weighted by atomic mass is 16.6. The zero-order chi connectivity index (χ0) is 20.2. The molecule has 0 unspecified atom stereocenters. The third kappa shape index (κ3) is 6.02. The van der Waals surface area contributed by atoms with Crippen LogP contribution in [0.3, 0.4) is 0 Å². The smallest absolute Gasteiger partial charge is 0.415 e. The minimum atomic E-state index is -0.592. The van der Waals surface area contributed by atoms with Gasteiger partial charge >= 0.3 is 17.8 Å². The van der Waals surface area contributed by atoms with Crippen LogP contribution in [0.4, 0.5) is 9.59 Å². The first kappa shape index (κ1) is 20.3. The molecule has 0 aliphatic rings. The van der Waals surface area contributed by atoms with E-state index in [1.54, 1.807) is 53.1 Å². The van der Waals surface area contributed by atoms with Crippen molar-refractivity contribution in [3.63, 3.8) is 0 Å². The molecule has 1 heterocycles. The maximum Gasteiger partial charge on any atom is 0.415 e. The van der Waals surface area contributed by atoms with Gasteiger partial charge in [-0.1, -0.05) is 0 Å². The molecule has 8 nitrogen and oxygen atoms in total. The highest BCUT2D eigenvalue weighted by Gasteiger charge is 2.20. The number of likely N-dealkylation sites (N-methyl/N-ethyl adjacent to an activating group) is 2. The molecule has 1 aromatic heterocycles. The second-order valence-electron chi connectivity index (χ2n) is 7.15. The van der Waals surface area contributed by atoms with Crippen molar-refractivity contribution < 1.29 is 23.5 Å². The highest BCUT2D eigenvalue weighted by Crippen LogP contribution is 2.20. The quantitative estimate of drug-likeness (QED) is 0.762. The first-order chi connectivity index (χ1) is 12.5. The lowest BCUT2D eigenvalue weighted by Crippen LogP contribution is -2.40. The Morgan fingerprint density at radius 3 is 2.22 bits per heavy atom. The first-order valence-corrected chi connectivity index (χ1v) is 8.46.